The Bertz CT molecular complexity index is 563. The van der Waals surface area contributed by atoms with Crippen LogP contribution in [0.1, 0.15) is 11.3 Å². The molecule has 0 aliphatic rings. The lowest BCUT2D eigenvalue weighted by atomic mass is 10.2. The minimum Gasteiger partial charge on any atom is -0.481 e. The lowest BCUT2D eigenvalue weighted by molar-refractivity contribution is -0.136. The standard InChI is InChI=1S/C12H11FN2O2/c1-8-9(5-12(16)17)7-15(14-8)11-4-2-3-10(13)6-11/h2-4,6-7H,5H2,1H3,(H,16,17). The maximum Gasteiger partial charge on any atom is 0.307 e. The van der Waals surface area contributed by atoms with Gasteiger partial charge in [-0.3, -0.25) is 4.79 Å². The number of nitrogens with zero attached hydrogens (tertiary/aromatic N) is 2. The smallest absolute Gasteiger partial charge is 0.307 e. The molecule has 0 radical (unpaired) electrons. The molecule has 5 heteroatoms. The minimum absolute atomic E-state index is 0.0822. The van der Waals surface area contributed by atoms with Crippen molar-refractivity contribution in [2.75, 3.05) is 0 Å². The van der Waals surface area contributed by atoms with Crippen molar-refractivity contribution in [1.29, 1.82) is 0 Å². The van der Waals surface area contributed by atoms with E-state index in [1.54, 1.807) is 25.3 Å². The molecule has 0 atom stereocenters. The van der Waals surface area contributed by atoms with Gasteiger partial charge in [-0.25, -0.2) is 9.07 Å². The van der Waals surface area contributed by atoms with Crippen molar-refractivity contribution in [1.82, 2.24) is 9.78 Å². The fourth-order valence-corrected chi connectivity index (χ4v) is 1.58. The van der Waals surface area contributed by atoms with Gasteiger partial charge < -0.3 is 5.11 Å². The second-order valence-electron chi connectivity index (χ2n) is 3.73. The van der Waals surface area contributed by atoms with Gasteiger partial charge in [-0.05, 0) is 25.1 Å². The highest BCUT2D eigenvalue weighted by molar-refractivity contribution is 5.70. The topological polar surface area (TPSA) is 55.1 Å². The summed E-state index contributed by atoms with van der Waals surface area (Å²) in [7, 11) is 0. The molecule has 17 heavy (non-hydrogen) atoms. The molecule has 0 aliphatic heterocycles. The first kappa shape index (κ1) is 11.3. The van der Waals surface area contributed by atoms with Gasteiger partial charge in [-0.1, -0.05) is 6.07 Å². The van der Waals surface area contributed by atoms with Crippen LogP contribution in [-0.2, 0) is 11.2 Å². The van der Waals surface area contributed by atoms with Crippen LogP contribution in [0.3, 0.4) is 0 Å². The first-order chi connectivity index (χ1) is 8.06. The first-order valence-electron chi connectivity index (χ1n) is 5.09. The predicted octanol–water partition coefficient (Wildman–Crippen LogP) is 1.95. The highest BCUT2D eigenvalue weighted by atomic mass is 19.1. The van der Waals surface area contributed by atoms with E-state index in [1.165, 1.54) is 16.8 Å². The zero-order valence-electron chi connectivity index (χ0n) is 9.22. The van der Waals surface area contributed by atoms with Gasteiger partial charge in [0, 0.05) is 11.8 Å². The van der Waals surface area contributed by atoms with E-state index in [2.05, 4.69) is 5.10 Å². The van der Waals surface area contributed by atoms with E-state index in [9.17, 15) is 9.18 Å². The number of carboxylic acids is 1. The van der Waals surface area contributed by atoms with Crippen LogP contribution in [0, 0.1) is 12.7 Å². The second-order valence-corrected chi connectivity index (χ2v) is 3.73. The van der Waals surface area contributed by atoms with Crippen molar-refractivity contribution in [2.45, 2.75) is 13.3 Å². The molecule has 1 aromatic heterocycles. The Kier molecular flexibility index (Phi) is 2.91. The molecule has 0 bridgehead atoms. The van der Waals surface area contributed by atoms with Crippen LogP contribution in [0.25, 0.3) is 5.69 Å². The maximum absolute atomic E-state index is 13.0. The number of benzene rings is 1. The first-order valence-corrected chi connectivity index (χ1v) is 5.09. The molecule has 1 aromatic carbocycles. The number of carboxylic acid groups (broad SMARTS) is 1. The lowest BCUT2D eigenvalue weighted by Gasteiger charge is -2.00. The van der Waals surface area contributed by atoms with Gasteiger partial charge in [0.05, 0.1) is 17.8 Å². The van der Waals surface area contributed by atoms with E-state index in [4.69, 9.17) is 5.11 Å². The molecule has 1 N–H and O–H groups in total. The number of rotatable bonds is 3. The van der Waals surface area contributed by atoms with Crippen LogP contribution < -0.4 is 0 Å². The third-order valence-corrected chi connectivity index (χ3v) is 2.41. The zero-order chi connectivity index (χ0) is 12.4. The van der Waals surface area contributed by atoms with Gasteiger partial charge in [0.25, 0.3) is 0 Å². The Morgan fingerprint density at radius 1 is 1.53 bits per heavy atom. The SMILES string of the molecule is Cc1nn(-c2cccc(F)c2)cc1CC(=O)O. The molecule has 0 amide bonds. The number of hydrogen-bond donors (Lipinski definition) is 1. The summed E-state index contributed by atoms with van der Waals surface area (Å²) in [6.07, 6.45) is 1.53. The van der Waals surface area contributed by atoms with Gasteiger partial charge >= 0.3 is 5.97 Å². The fraction of sp³-hybridized carbons (Fsp3) is 0.167. The van der Waals surface area contributed by atoms with Crippen molar-refractivity contribution in [3.05, 3.63) is 47.5 Å². The van der Waals surface area contributed by atoms with E-state index in [0.29, 0.717) is 16.9 Å². The van der Waals surface area contributed by atoms with Crippen LogP contribution in [0.2, 0.25) is 0 Å². The molecule has 0 fully saturated rings. The molecule has 0 aliphatic carbocycles. The number of halogens is 1. The molecule has 0 saturated carbocycles. The third-order valence-electron chi connectivity index (χ3n) is 2.41. The minimum atomic E-state index is -0.910. The Labute approximate surface area is 97.3 Å². The largest absolute Gasteiger partial charge is 0.481 e. The van der Waals surface area contributed by atoms with E-state index in [0.717, 1.165) is 0 Å². The molecule has 0 spiro atoms. The van der Waals surface area contributed by atoms with Crippen LogP contribution in [0.15, 0.2) is 30.5 Å². The number of carbonyl (C=O) groups is 1. The quantitative estimate of drug-likeness (QED) is 0.883. The lowest BCUT2D eigenvalue weighted by Crippen LogP contribution is -2.00. The molecule has 2 aromatic rings. The molecule has 0 unspecified atom stereocenters. The summed E-state index contributed by atoms with van der Waals surface area (Å²) in [5, 5.41) is 12.9. The Balaban J connectivity index is 2.37. The third kappa shape index (κ3) is 2.50. The molecule has 88 valence electrons. The van der Waals surface area contributed by atoms with Crippen molar-refractivity contribution < 1.29 is 14.3 Å². The second kappa shape index (κ2) is 4.37. The molecule has 1 heterocycles. The molecule has 0 saturated heterocycles. The summed E-state index contributed by atoms with van der Waals surface area (Å²) < 4.78 is 14.5. The molecular formula is C12H11FN2O2. The Morgan fingerprint density at radius 3 is 2.94 bits per heavy atom. The van der Waals surface area contributed by atoms with Gasteiger partial charge in [-0.2, -0.15) is 5.10 Å². The highest BCUT2D eigenvalue weighted by Gasteiger charge is 2.09. The van der Waals surface area contributed by atoms with Gasteiger partial charge in [-0.15, -0.1) is 0 Å². The fourth-order valence-electron chi connectivity index (χ4n) is 1.58. The summed E-state index contributed by atoms with van der Waals surface area (Å²) in [6.45, 7) is 1.73. The van der Waals surface area contributed by atoms with Gasteiger partial charge in [0.15, 0.2) is 0 Å². The van der Waals surface area contributed by atoms with Crippen LogP contribution in [-0.4, -0.2) is 20.9 Å². The monoisotopic (exact) mass is 234 g/mol. The van der Waals surface area contributed by atoms with E-state index >= 15 is 0 Å². The van der Waals surface area contributed by atoms with E-state index in [1.807, 2.05) is 0 Å². The van der Waals surface area contributed by atoms with E-state index < -0.39 is 5.97 Å². The average Bonchev–Trinajstić information content (AvgIpc) is 2.59. The summed E-state index contributed by atoms with van der Waals surface area (Å²) in [6, 6.07) is 5.98. The van der Waals surface area contributed by atoms with Crippen LogP contribution >= 0.6 is 0 Å². The number of aryl methyl sites for hydroxylation is 1. The van der Waals surface area contributed by atoms with Gasteiger partial charge in [0.2, 0.25) is 0 Å². The Morgan fingerprint density at radius 2 is 2.29 bits per heavy atom. The predicted molar refractivity (Wildman–Crippen MR) is 59.6 cm³/mol. The number of hydrogen-bond acceptors (Lipinski definition) is 2. The average molecular weight is 234 g/mol. The summed E-state index contributed by atoms with van der Waals surface area (Å²) in [4.78, 5) is 10.6. The van der Waals surface area contributed by atoms with Crippen LogP contribution in [0.4, 0.5) is 4.39 Å². The normalized spacial score (nSPS) is 10.5. The number of aromatic nitrogens is 2. The molecule has 4 nitrogen and oxygen atoms in total. The van der Waals surface area contributed by atoms with Crippen molar-refractivity contribution in [2.24, 2.45) is 0 Å². The zero-order valence-corrected chi connectivity index (χ0v) is 9.22. The van der Waals surface area contributed by atoms with Crippen molar-refractivity contribution >= 4 is 5.97 Å². The molecular weight excluding hydrogens is 223 g/mol. The summed E-state index contributed by atoms with van der Waals surface area (Å²) >= 11 is 0. The van der Waals surface area contributed by atoms with Crippen LogP contribution in [0.5, 0.6) is 0 Å². The molecule has 2 rings (SSSR count). The van der Waals surface area contributed by atoms with Crippen molar-refractivity contribution in [3.8, 4) is 5.69 Å². The highest BCUT2D eigenvalue weighted by Crippen LogP contribution is 2.13. The Hall–Kier alpha value is -2.17. The summed E-state index contributed by atoms with van der Waals surface area (Å²) in [5.74, 6) is -1.26. The van der Waals surface area contributed by atoms with Crippen molar-refractivity contribution in [3.63, 3.8) is 0 Å². The maximum atomic E-state index is 13.0. The number of aliphatic carboxylic acids is 1. The van der Waals surface area contributed by atoms with Gasteiger partial charge in [0.1, 0.15) is 5.82 Å². The van der Waals surface area contributed by atoms with E-state index in [-0.39, 0.29) is 12.2 Å². The summed E-state index contributed by atoms with van der Waals surface area (Å²) in [5.41, 5.74) is 1.84.